The Bertz CT molecular complexity index is 966. The van der Waals surface area contributed by atoms with Crippen LogP contribution in [0, 0.1) is 0 Å². The molecular weight excluding hydrogens is 471 g/mol. The summed E-state index contributed by atoms with van der Waals surface area (Å²) in [5.41, 5.74) is 2.47. The maximum atomic E-state index is 12.4. The highest BCUT2D eigenvalue weighted by Gasteiger charge is 2.20. The minimum Gasteiger partial charge on any atom is -0.493 e. The first-order chi connectivity index (χ1) is 13.8. The van der Waals surface area contributed by atoms with Crippen LogP contribution >= 0.6 is 35.6 Å². The van der Waals surface area contributed by atoms with E-state index in [0.29, 0.717) is 13.0 Å². The molecule has 0 amide bonds. The summed E-state index contributed by atoms with van der Waals surface area (Å²) < 4.78 is 38.2. The van der Waals surface area contributed by atoms with Crippen LogP contribution in [-0.4, -0.2) is 47.2 Å². The molecule has 0 bridgehead atoms. The summed E-state index contributed by atoms with van der Waals surface area (Å²) in [7, 11) is -0.376. The SMILES string of the molecule is COc1cc2c(cc1OC)CN(CCCNS(=O)(=O)c1cc(Cl)cc(Cl)c1)CC2.Cl. The second-order valence-electron chi connectivity index (χ2n) is 6.86. The second kappa shape index (κ2) is 10.9. The molecule has 0 radical (unpaired) electrons. The summed E-state index contributed by atoms with van der Waals surface area (Å²) in [6, 6.07) is 8.33. The molecule has 166 valence electrons. The van der Waals surface area contributed by atoms with Crippen molar-refractivity contribution in [3.05, 3.63) is 51.5 Å². The smallest absolute Gasteiger partial charge is 0.240 e. The van der Waals surface area contributed by atoms with Crippen LogP contribution in [0.3, 0.4) is 0 Å². The maximum Gasteiger partial charge on any atom is 0.240 e. The Morgan fingerprint density at radius 1 is 1.00 bits per heavy atom. The normalized spacial score (nSPS) is 14.0. The molecule has 1 aliphatic rings. The third-order valence-electron chi connectivity index (χ3n) is 4.89. The molecule has 3 rings (SSSR count). The molecule has 2 aromatic rings. The number of fused-ring (bicyclic) bond motifs is 1. The molecule has 0 fully saturated rings. The number of hydrogen-bond donors (Lipinski definition) is 1. The van der Waals surface area contributed by atoms with Crippen molar-refractivity contribution in [3.8, 4) is 11.5 Å². The van der Waals surface area contributed by atoms with Crippen LogP contribution in [0.4, 0.5) is 0 Å². The number of halogens is 3. The lowest BCUT2D eigenvalue weighted by Gasteiger charge is -2.29. The molecule has 1 aliphatic heterocycles. The number of sulfonamides is 1. The topological polar surface area (TPSA) is 67.9 Å². The van der Waals surface area contributed by atoms with E-state index in [1.807, 2.05) is 12.1 Å². The summed E-state index contributed by atoms with van der Waals surface area (Å²) in [5, 5.41) is 0.578. The van der Waals surface area contributed by atoms with Gasteiger partial charge in [-0.1, -0.05) is 23.2 Å². The van der Waals surface area contributed by atoms with E-state index < -0.39 is 10.0 Å². The van der Waals surface area contributed by atoms with Crippen LogP contribution in [0.2, 0.25) is 10.0 Å². The van der Waals surface area contributed by atoms with Gasteiger partial charge in [0.25, 0.3) is 0 Å². The Labute approximate surface area is 193 Å². The van der Waals surface area contributed by atoms with Gasteiger partial charge in [-0.05, 0) is 60.8 Å². The van der Waals surface area contributed by atoms with Crippen molar-refractivity contribution in [2.75, 3.05) is 33.9 Å². The molecule has 1 N–H and O–H groups in total. The molecular formula is C20H25Cl3N2O4S. The lowest BCUT2D eigenvalue weighted by molar-refractivity contribution is 0.250. The van der Waals surface area contributed by atoms with E-state index in [0.717, 1.165) is 37.6 Å². The van der Waals surface area contributed by atoms with Crippen LogP contribution in [0.5, 0.6) is 11.5 Å². The van der Waals surface area contributed by atoms with Gasteiger partial charge in [0.05, 0.1) is 19.1 Å². The number of ether oxygens (including phenoxy) is 2. The van der Waals surface area contributed by atoms with Crippen molar-refractivity contribution in [1.82, 2.24) is 9.62 Å². The van der Waals surface area contributed by atoms with Gasteiger partial charge in [-0.2, -0.15) is 0 Å². The average molecular weight is 496 g/mol. The van der Waals surface area contributed by atoms with Crippen molar-refractivity contribution in [1.29, 1.82) is 0 Å². The van der Waals surface area contributed by atoms with Gasteiger partial charge < -0.3 is 9.47 Å². The van der Waals surface area contributed by atoms with E-state index in [9.17, 15) is 8.42 Å². The molecule has 30 heavy (non-hydrogen) atoms. The first kappa shape index (κ1) is 25.0. The molecule has 0 atom stereocenters. The summed E-state index contributed by atoms with van der Waals surface area (Å²) in [4.78, 5) is 2.38. The van der Waals surface area contributed by atoms with Gasteiger partial charge in [-0.3, -0.25) is 4.90 Å². The van der Waals surface area contributed by atoms with Crippen molar-refractivity contribution in [2.24, 2.45) is 0 Å². The van der Waals surface area contributed by atoms with Crippen molar-refractivity contribution < 1.29 is 17.9 Å². The van der Waals surface area contributed by atoms with Crippen LogP contribution in [0.25, 0.3) is 0 Å². The van der Waals surface area contributed by atoms with Crippen LogP contribution in [0.15, 0.2) is 35.2 Å². The molecule has 1 heterocycles. The molecule has 0 spiro atoms. The van der Waals surface area contributed by atoms with E-state index in [1.54, 1.807) is 14.2 Å². The number of hydrogen-bond acceptors (Lipinski definition) is 5. The molecule has 0 unspecified atom stereocenters. The molecule has 0 saturated carbocycles. The molecule has 0 aromatic heterocycles. The maximum absolute atomic E-state index is 12.4. The third kappa shape index (κ3) is 6.15. The van der Waals surface area contributed by atoms with Crippen LogP contribution in [0.1, 0.15) is 17.5 Å². The number of nitrogens with one attached hydrogen (secondary N) is 1. The van der Waals surface area contributed by atoms with Gasteiger partial charge in [0.15, 0.2) is 11.5 Å². The highest BCUT2D eigenvalue weighted by Crippen LogP contribution is 2.33. The lowest BCUT2D eigenvalue weighted by atomic mass is 9.98. The zero-order valence-corrected chi connectivity index (χ0v) is 19.9. The molecule has 0 aliphatic carbocycles. The van der Waals surface area contributed by atoms with Crippen molar-refractivity contribution in [3.63, 3.8) is 0 Å². The molecule has 10 heteroatoms. The largest absolute Gasteiger partial charge is 0.493 e. The van der Waals surface area contributed by atoms with E-state index in [2.05, 4.69) is 9.62 Å². The van der Waals surface area contributed by atoms with Crippen molar-refractivity contribution >= 4 is 45.6 Å². The Morgan fingerprint density at radius 2 is 1.60 bits per heavy atom. The zero-order valence-electron chi connectivity index (χ0n) is 16.8. The summed E-state index contributed by atoms with van der Waals surface area (Å²) in [6.45, 7) is 2.83. The van der Waals surface area contributed by atoms with Gasteiger partial charge in [0.2, 0.25) is 10.0 Å². The highest BCUT2D eigenvalue weighted by molar-refractivity contribution is 7.89. The van der Waals surface area contributed by atoms with Crippen LogP contribution in [-0.2, 0) is 23.0 Å². The molecule has 6 nitrogen and oxygen atoms in total. The van der Waals surface area contributed by atoms with Gasteiger partial charge in [0.1, 0.15) is 0 Å². The number of methoxy groups -OCH3 is 2. The Morgan fingerprint density at radius 3 is 2.20 bits per heavy atom. The monoisotopic (exact) mass is 494 g/mol. The van der Waals surface area contributed by atoms with E-state index in [-0.39, 0.29) is 27.3 Å². The fourth-order valence-electron chi connectivity index (χ4n) is 3.41. The minimum atomic E-state index is -3.64. The van der Waals surface area contributed by atoms with Gasteiger partial charge >= 0.3 is 0 Å². The van der Waals surface area contributed by atoms with E-state index in [4.69, 9.17) is 32.7 Å². The Hall–Kier alpha value is -1.22. The first-order valence-electron chi connectivity index (χ1n) is 9.24. The lowest BCUT2D eigenvalue weighted by Crippen LogP contribution is -2.33. The Kier molecular flexibility index (Phi) is 9.09. The van der Waals surface area contributed by atoms with Gasteiger partial charge in [0, 0.05) is 29.7 Å². The summed E-state index contributed by atoms with van der Waals surface area (Å²) in [6.07, 6.45) is 1.61. The predicted octanol–water partition coefficient (Wildman–Crippen LogP) is 4.16. The zero-order chi connectivity index (χ0) is 21.0. The number of nitrogens with zero attached hydrogens (tertiary/aromatic N) is 1. The number of rotatable bonds is 8. The highest BCUT2D eigenvalue weighted by atomic mass is 35.5. The molecule has 0 saturated heterocycles. The second-order valence-corrected chi connectivity index (χ2v) is 9.50. The molecule has 2 aromatic carbocycles. The van der Waals surface area contributed by atoms with E-state index >= 15 is 0 Å². The average Bonchev–Trinajstić information content (AvgIpc) is 2.69. The van der Waals surface area contributed by atoms with Crippen molar-refractivity contribution in [2.45, 2.75) is 24.3 Å². The van der Waals surface area contributed by atoms with Gasteiger partial charge in [-0.15, -0.1) is 12.4 Å². The number of benzene rings is 2. The predicted molar refractivity (Wildman–Crippen MR) is 122 cm³/mol. The van der Waals surface area contributed by atoms with E-state index in [1.165, 1.54) is 29.3 Å². The standard InChI is InChI=1S/C20H24Cl2N2O4S.ClH/c1-27-19-8-14-4-7-24(13-15(14)9-20(19)28-2)6-3-5-23-29(25,26)18-11-16(21)10-17(22)12-18;/h8-12,23H,3-7,13H2,1-2H3;1H. The Balaban J connectivity index is 0.00000320. The summed E-state index contributed by atoms with van der Waals surface area (Å²) in [5.74, 6) is 1.47. The fourth-order valence-corrected chi connectivity index (χ4v) is 5.21. The first-order valence-corrected chi connectivity index (χ1v) is 11.5. The minimum absolute atomic E-state index is 0. The summed E-state index contributed by atoms with van der Waals surface area (Å²) >= 11 is 11.8. The quantitative estimate of drug-likeness (QED) is 0.557. The van der Waals surface area contributed by atoms with Gasteiger partial charge in [-0.25, -0.2) is 13.1 Å². The van der Waals surface area contributed by atoms with Crippen LogP contribution < -0.4 is 14.2 Å². The third-order valence-corrected chi connectivity index (χ3v) is 6.76. The fraction of sp³-hybridized carbons (Fsp3) is 0.400.